The van der Waals surface area contributed by atoms with E-state index in [0.29, 0.717) is 33.1 Å². The maximum Gasteiger partial charge on any atom is 0.266 e. The van der Waals surface area contributed by atoms with Crippen LogP contribution in [0.5, 0.6) is 0 Å². The SMILES string of the molecule is Nc1c(Cl)cc(-c2nc(N3CCCCCC3)no2)cc1Cl. The summed E-state index contributed by atoms with van der Waals surface area (Å²) in [5, 5.41) is 4.83. The van der Waals surface area contributed by atoms with Crippen molar-refractivity contribution in [1.82, 2.24) is 10.1 Å². The number of hydrogen-bond acceptors (Lipinski definition) is 5. The molecule has 1 saturated heterocycles. The average molecular weight is 327 g/mol. The summed E-state index contributed by atoms with van der Waals surface area (Å²) < 4.78 is 5.33. The number of aromatic nitrogens is 2. The molecule has 112 valence electrons. The third-order valence-corrected chi connectivity index (χ3v) is 4.26. The first-order chi connectivity index (χ1) is 10.1. The summed E-state index contributed by atoms with van der Waals surface area (Å²) in [6, 6.07) is 3.37. The number of anilines is 2. The van der Waals surface area contributed by atoms with E-state index in [4.69, 9.17) is 33.5 Å². The predicted molar refractivity (Wildman–Crippen MR) is 84.8 cm³/mol. The second-order valence-corrected chi connectivity index (χ2v) is 5.97. The minimum atomic E-state index is 0.356. The van der Waals surface area contributed by atoms with E-state index in [1.165, 1.54) is 12.8 Å². The minimum Gasteiger partial charge on any atom is -0.396 e. The van der Waals surface area contributed by atoms with Gasteiger partial charge in [-0.15, -0.1) is 0 Å². The Labute approximate surface area is 133 Å². The number of rotatable bonds is 2. The van der Waals surface area contributed by atoms with Crippen molar-refractivity contribution >= 4 is 34.8 Å². The van der Waals surface area contributed by atoms with Crippen LogP contribution in [0.25, 0.3) is 11.5 Å². The summed E-state index contributed by atoms with van der Waals surface area (Å²) in [7, 11) is 0. The molecule has 0 aliphatic carbocycles. The second kappa shape index (κ2) is 6.12. The van der Waals surface area contributed by atoms with E-state index in [1.54, 1.807) is 12.1 Å². The summed E-state index contributed by atoms with van der Waals surface area (Å²) in [6.45, 7) is 1.92. The Hall–Kier alpha value is -1.46. The zero-order valence-electron chi connectivity index (χ0n) is 11.5. The molecular weight excluding hydrogens is 311 g/mol. The van der Waals surface area contributed by atoms with Crippen molar-refractivity contribution in [3.05, 3.63) is 22.2 Å². The summed E-state index contributed by atoms with van der Waals surface area (Å²) in [5.74, 6) is 1.02. The first-order valence-electron chi connectivity index (χ1n) is 6.98. The second-order valence-electron chi connectivity index (χ2n) is 5.15. The number of nitrogen functional groups attached to an aromatic ring is 1. The first kappa shape index (κ1) is 14.5. The van der Waals surface area contributed by atoms with Crippen LogP contribution < -0.4 is 10.6 Å². The van der Waals surface area contributed by atoms with Gasteiger partial charge >= 0.3 is 0 Å². The molecule has 0 radical (unpaired) electrons. The molecule has 7 heteroatoms. The number of nitrogens with two attached hydrogens (primary N) is 1. The van der Waals surface area contributed by atoms with Crippen LogP contribution in [0.15, 0.2) is 16.7 Å². The molecule has 1 aromatic carbocycles. The predicted octanol–water partition coefficient (Wildman–Crippen LogP) is 4.01. The molecule has 0 saturated carbocycles. The van der Waals surface area contributed by atoms with Crippen LogP contribution in [0, 0.1) is 0 Å². The molecule has 1 aliphatic rings. The van der Waals surface area contributed by atoms with E-state index in [-0.39, 0.29) is 0 Å². The number of benzene rings is 1. The van der Waals surface area contributed by atoms with Gasteiger partial charge in [-0.1, -0.05) is 36.0 Å². The van der Waals surface area contributed by atoms with Crippen molar-refractivity contribution in [2.45, 2.75) is 25.7 Å². The molecule has 1 aliphatic heterocycles. The lowest BCUT2D eigenvalue weighted by molar-refractivity contribution is 0.429. The minimum absolute atomic E-state index is 0.356. The Balaban J connectivity index is 1.87. The van der Waals surface area contributed by atoms with E-state index >= 15 is 0 Å². The van der Waals surface area contributed by atoms with Crippen LogP contribution in [0.3, 0.4) is 0 Å². The van der Waals surface area contributed by atoms with Crippen molar-refractivity contribution in [1.29, 1.82) is 0 Å². The molecule has 1 aromatic heterocycles. The molecule has 0 spiro atoms. The quantitative estimate of drug-likeness (QED) is 0.844. The van der Waals surface area contributed by atoms with Gasteiger partial charge in [0.1, 0.15) is 0 Å². The fourth-order valence-corrected chi connectivity index (χ4v) is 2.93. The zero-order valence-corrected chi connectivity index (χ0v) is 13.0. The Kier molecular flexibility index (Phi) is 4.22. The van der Waals surface area contributed by atoms with Gasteiger partial charge in [-0.3, -0.25) is 0 Å². The maximum absolute atomic E-state index is 6.04. The Morgan fingerprint density at radius 1 is 1.05 bits per heavy atom. The molecule has 2 heterocycles. The summed E-state index contributed by atoms with van der Waals surface area (Å²) >= 11 is 12.1. The normalized spacial score (nSPS) is 16.0. The van der Waals surface area contributed by atoms with Crippen LogP contribution in [0.2, 0.25) is 10.0 Å². The van der Waals surface area contributed by atoms with Crippen LogP contribution >= 0.6 is 23.2 Å². The monoisotopic (exact) mass is 326 g/mol. The summed E-state index contributed by atoms with van der Waals surface area (Å²) in [5.41, 5.74) is 6.76. The van der Waals surface area contributed by atoms with Crippen molar-refractivity contribution in [3.8, 4) is 11.5 Å². The van der Waals surface area contributed by atoms with Gasteiger partial charge in [0.2, 0.25) is 0 Å². The topological polar surface area (TPSA) is 68.2 Å². The highest BCUT2D eigenvalue weighted by Crippen LogP contribution is 2.33. The Bertz CT molecular complexity index is 613. The van der Waals surface area contributed by atoms with Crippen LogP contribution in [0.4, 0.5) is 11.6 Å². The first-order valence-corrected chi connectivity index (χ1v) is 7.74. The molecule has 21 heavy (non-hydrogen) atoms. The van der Waals surface area contributed by atoms with E-state index in [2.05, 4.69) is 15.0 Å². The fraction of sp³-hybridized carbons (Fsp3) is 0.429. The van der Waals surface area contributed by atoms with Gasteiger partial charge in [0.25, 0.3) is 11.8 Å². The van der Waals surface area contributed by atoms with Gasteiger partial charge in [-0.05, 0) is 30.1 Å². The highest BCUT2D eigenvalue weighted by molar-refractivity contribution is 6.39. The third-order valence-electron chi connectivity index (χ3n) is 3.63. The lowest BCUT2D eigenvalue weighted by Crippen LogP contribution is -2.24. The zero-order chi connectivity index (χ0) is 14.8. The maximum atomic E-state index is 6.04. The molecule has 2 N–H and O–H groups in total. The molecule has 0 atom stereocenters. The third kappa shape index (κ3) is 3.09. The molecule has 0 amide bonds. The van der Waals surface area contributed by atoms with E-state index in [1.807, 2.05) is 0 Å². The van der Waals surface area contributed by atoms with Crippen molar-refractivity contribution in [2.24, 2.45) is 0 Å². The van der Waals surface area contributed by atoms with E-state index in [9.17, 15) is 0 Å². The Morgan fingerprint density at radius 3 is 2.29 bits per heavy atom. The molecule has 3 rings (SSSR count). The number of nitrogens with zero attached hydrogens (tertiary/aromatic N) is 3. The highest BCUT2D eigenvalue weighted by atomic mass is 35.5. The average Bonchev–Trinajstić information content (AvgIpc) is 2.80. The van der Waals surface area contributed by atoms with Crippen LogP contribution in [-0.2, 0) is 0 Å². The molecule has 5 nitrogen and oxygen atoms in total. The van der Waals surface area contributed by atoms with Crippen molar-refractivity contribution in [3.63, 3.8) is 0 Å². The molecule has 2 aromatic rings. The van der Waals surface area contributed by atoms with Gasteiger partial charge in [0, 0.05) is 18.7 Å². The van der Waals surface area contributed by atoms with E-state index < -0.39 is 0 Å². The number of halogens is 2. The van der Waals surface area contributed by atoms with Crippen LogP contribution in [0.1, 0.15) is 25.7 Å². The Morgan fingerprint density at radius 2 is 1.67 bits per heavy atom. The van der Waals surface area contributed by atoms with Gasteiger partial charge in [0.15, 0.2) is 0 Å². The standard InChI is InChI=1S/C14H16Cl2N4O/c15-10-7-9(8-11(16)12(10)17)13-18-14(19-21-13)20-5-3-1-2-4-6-20/h7-8H,1-6,17H2. The molecule has 0 unspecified atom stereocenters. The van der Waals surface area contributed by atoms with Crippen LogP contribution in [-0.4, -0.2) is 23.2 Å². The van der Waals surface area contributed by atoms with Gasteiger partial charge in [-0.2, -0.15) is 4.98 Å². The molecule has 1 fully saturated rings. The largest absolute Gasteiger partial charge is 0.396 e. The van der Waals surface area contributed by atoms with Gasteiger partial charge < -0.3 is 15.2 Å². The highest BCUT2D eigenvalue weighted by Gasteiger charge is 2.18. The molecule has 0 bridgehead atoms. The smallest absolute Gasteiger partial charge is 0.266 e. The number of hydrogen-bond donors (Lipinski definition) is 1. The van der Waals surface area contributed by atoms with E-state index in [0.717, 1.165) is 25.9 Å². The summed E-state index contributed by atoms with van der Waals surface area (Å²) in [6.07, 6.45) is 4.82. The van der Waals surface area contributed by atoms with Crippen molar-refractivity contribution in [2.75, 3.05) is 23.7 Å². The fourth-order valence-electron chi connectivity index (χ4n) is 2.44. The van der Waals surface area contributed by atoms with Gasteiger partial charge in [0.05, 0.1) is 15.7 Å². The van der Waals surface area contributed by atoms with Gasteiger partial charge in [-0.25, -0.2) is 0 Å². The molecular formula is C14H16Cl2N4O. The lowest BCUT2D eigenvalue weighted by Gasteiger charge is -2.16. The lowest BCUT2D eigenvalue weighted by atomic mass is 10.2. The van der Waals surface area contributed by atoms with Crippen molar-refractivity contribution < 1.29 is 4.52 Å². The summed E-state index contributed by atoms with van der Waals surface area (Å²) in [4.78, 5) is 6.60.